The highest BCUT2D eigenvalue weighted by molar-refractivity contribution is 6.33. The van der Waals surface area contributed by atoms with Crippen LogP contribution in [0, 0.1) is 6.92 Å². The molecule has 1 amide bonds. The molecule has 174 valence electrons. The highest BCUT2D eigenvalue weighted by Crippen LogP contribution is 2.23. The molecule has 4 rings (SSSR count). The van der Waals surface area contributed by atoms with E-state index in [1.807, 2.05) is 36.4 Å². The number of hydrogen-bond donors (Lipinski definition) is 1. The maximum absolute atomic E-state index is 12.9. The predicted molar refractivity (Wildman–Crippen MR) is 131 cm³/mol. The summed E-state index contributed by atoms with van der Waals surface area (Å²) in [5, 5.41) is 8.39. The second-order valence-corrected chi connectivity index (χ2v) is 9.18. The summed E-state index contributed by atoms with van der Waals surface area (Å²) in [7, 11) is 0. The van der Waals surface area contributed by atoms with Gasteiger partial charge < -0.3 is 10.1 Å². The molecule has 0 bridgehead atoms. The number of hydrogen-bond acceptors (Lipinski definition) is 4. The first-order valence-electron chi connectivity index (χ1n) is 11.1. The van der Waals surface area contributed by atoms with E-state index in [0.717, 1.165) is 37.4 Å². The summed E-state index contributed by atoms with van der Waals surface area (Å²) < 4.78 is 7.23. The molecular weight excluding hydrogens is 459 g/mol. The first-order chi connectivity index (χ1) is 15.9. The van der Waals surface area contributed by atoms with Crippen LogP contribution < -0.4 is 5.32 Å². The van der Waals surface area contributed by atoms with Gasteiger partial charge in [0.2, 0.25) is 0 Å². The SMILES string of the molecule is Cc1nn(Cc2ccccc2Cl)c(Cl)c1C(=O)NCc1cccc(CN2CCOC(C)C2)c1. The average molecular weight is 487 g/mol. The van der Waals surface area contributed by atoms with Crippen molar-refractivity contribution in [1.29, 1.82) is 0 Å². The van der Waals surface area contributed by atoms with Gasteiger partial charge in [-0.25, -0.2) is 4.68 Å². The average Bonchev–Trinajstić information content (AvgIpc) is 3.07. The van der Waals surface area contributed by atoms with Gasteiger partial charge in [0.25, 0.3) is 5.91 Å². The van der Waals surface area contributed by atoms with Gasteiger partial charge in [0.15, 0.2) is 0 Å². The third-order valence-electron chi connectivity index (χ3n) is 5.75. The van der Waals surface area contributed by atoms with Gasteiger partial charge in [0.1, 0.15) is 5.15 Å². The van der Waals surface area contributed by atoms with Gasteiger partial charge in [0.05, 0.1) is 30.5 Å². The molecule has 1 N–H and O–H groups in total. The number of nitrogens with zero attached hydrogens (tertiary/aromatic N) is 3. The monoisotopic (exact) mass is 486 g/mol. The Bertz CT molecular complexity index is 1130. The van der Waals surface area contributed by atoms with E-state index in [-0.39, 0.29) is 12.0 Å². The molecule has 2 heterocycles. The molecule has 33 heavy (non-hydrogen) atoms. The van der Waals surface area contributed by atoms with Crippen LogP contribution >= 0.6 is 23.2 Å². The maximum Gasteiger partial charge on any atom is 0.256 e. The Kier molecular flexibility index (Phi) is 7.71. The van der Waals surface area contributed by atoms with Gasteiger partial charge in [-0.15, -0.1) is 0 Å². The Morgan fingerprint density at radius 1 is 1.15 bits per heavy atom. The summed E-state index contributed by atoms with van der Waals surface area (Å²) in [6.45, 7) is 8.19. The van der Waals surface area contributed by atoms with Crippen molar-refractivity contribution in [2.75, 3.05) is 19.7 Å². The first kappa shape index (κ1) is 23.8. The van der Waals surface area contributed by atoms with Crippen molar-refractivity contribution >= 4 is 29.1 Å². The number of benzene rings is 2. The first-order valence-corrected chi connectivity index (χ1v) is 11.8. The summed E-state index contributed by atoms with van der Waals surface area (Å²) in [4.78, 5) is 15.3. The van der Waals surface area contributed by atoms with E-state index in [9.17, 15) is 4.79 Å². The molecule has 2 aromatic carbocycles. The van der Waals surface area contributed by atoms with Crippen LogP contribution in [0.4, 0.5) is 0 Å². The van der Waals surface area contributed by atoms with Gasteiger partial charge in [0, 0.05) is 31.2 Å². The molecule has 0 saturated carbocycles. The van der Waals surface area contributed by atoms with Crippen LogP contribution in [0.25, 0.3) is 0 Å². The van der Waals surface area contributed by atoms with Gasteiger partial charge in [-0.3, -0.25) is 9.69 Å². The smallest absolute Gasteiger partial charge is 0.256 e. The molecule has 1 unspecified atom stereocenters. The number of morpholine rings is 1. The van der Waals surface area contributed by atoms with Gasteiger partial charge in [-0.05, 0) is 36.6 Å². The van der Waals surface area contributed by atoms with Gasteiger partial charge >= 0.3 is 0 Å². The van der Waals surface area contributed by atoms with E-state index in [1.165, 1.54) is 5.56 Å². The van der Waals surface area contributed by atoms with Crippen molar-refractivity contribution in [2.45, 2.75) is 39.6 Å². The number of aryl methyl sites for hydroxylation is 1. The van der Waals surface area contributed by atoms with Crippen LogP contribution in [0.15, 0.2) is 48.5 Å². The number of amides is 1. The highest BCUT2D eigenvalue weighted by Gasteiger charge is 2.21. The molecule has 0 aliphatic carbocycles. The predicted octanol–water partition coefficient (Wildman–Crippen LogP) is 4.70. The van der Waals surface area contributed by atoms with Crippen molar-refractivity contribution in [3.8, 4) is 0 Å². The zero-order valence-corrected chi connectivity index (χ0v) is 20.4. The van der Waals surface area contributed by atoms with Crippen LogP contribution in [0.5, 0.6) is 0 Å². The molecule has 6 nitrogen and oxygen atoms in total. The summed E-state index contributed by atoms with van der Waals surface area (Å²) in [5.74, 6) is -0.240. The van der Waals surface area contributed by atoms with E-state index in [2.05, 4.69) is 34.4 Å². The van der Waals surface area contributed by atoms with Crippen LogP contribution in [-0.4, -0.2) is 46.4 Å². The molecule has 1 aliphatic heterocycles. The molecule has 1 aromatic heterocycles. The molecule has 1 atom stereocenters. The maximum atomic E-state index is 12.9. The minimum Gasteiger partial charge on any atom is -0.376 e. The third kappa shape index (κ3) is 5.95. The molecule has 1 fully saturated rings. The van der Waals surface area contributed by atoms with E-state index >= 15 is 0 Å². The van der Waals surface area contributed by atoms with E-state index in [0.29, 0.717) is 34.5 Å². The largest absolute Gasteiger partial charge is 0.376 e. The Hall–Kier alpha value is -2.38. The van der Waals surface area contributed by atoms with Crippen LogP contribution in [-0.2, 0) is 24.4 Å². The topological polar surface area (TPSA) is 59.4 Å². The molecule has 1 saturated heterocycles. The number of halogens is 2. The zero-order chi connectivity index (χ0) is 23.4. The Balaban J connectivity index is 1.40. The van der Waals surface area contributed by atoms with Crippen LogP contribution in [0.3, 0.4) is 0 Å². The van der Waals surface area contributed by atoms with Crippen molar-refractivity contribution < 1.29 is 9.53 Å². The van der Waals surface area contributed by atoms with Crippen molar-refractivity contribution in [2.24, 2.45) is 0 Å². The summed E-state index contributed by atoms with van der Waals surface area (Å²) in [5.41, 5.74) is 4.13. The number of aromatic nitrogens is 2. The summed E-state index contributed by atoms with van der Waals surface area (Å²) in [6.07, 6.45) is 0.257. The minimum absolute atomic E-state index is 0.240. The fourth-order valence-electron chi connectivity index (χ4n) is 4.11. The van der Waals surface area contributed by atoms with Gasteiger partial charge in [-0.2, -0.15) is 5.10 Å². The molecular formula is C25H28Cl2N4O2. The van der Waals surface area contributed by atoms with Crippen LogP contribution in [0.1, 0.15) is 39.7 Å². The molecule has 0 spiro atoms. The second-order valence-electron chi connectivity index (χ2n) is 8.42. The van der Waals surface area contributed by atoms with Gasteiger partial charge in [-0.1, -0.05) is 65.7 Å². The number of ether oxygens (including phenoxy) is 1. The second kappa shape index (κ2) is 10.7. The molecule has 0 radical (unpaired) electrons. The number of carbonyl (C=O) groups excluding carboxylic acids is 1. The third-order valence-corrected chi connectivity index (χ3v) is 6.50. The summed E-state index contributed by atoms with van der Waals surface area (Å²) in [6, 6.07) is 15.8. The Morgan fingerprint density at radius 2 is 1.94 bits per heavy atom. The highest BCUT2D eigenvalue weighted by atomic mass is 35.5. The fraction of sp³-hybridized carbons (Fsp3) is 0.360. The number of carbonyl (C=O) groups is 1. The molecule has 1 aliphatic rings. The minimum atomic E-state index is -0.240. The standard InChI is InChI=1S/C25H28Cl2N4O2/c1-17-14-30(10-11-33-17)15-20-7-5-6-19(12-20)13-28-25(32)23-18(2)29-31(24(23)27)16-21-8-3-4-9-22(21)26/h3-9,12,17H,10-11,13-16H2,1-2H3,(H,28,32). The van der Waals surface area contributed by atoms with Crippen molar-refractivity contribution in [3.05, 3.63) is 86.7 Å². The zero-order valence-electron chi connectivity index (χ0n) is 18.9. The number of rotatable bonds is 7. The van der Waals surface area contributed by atoms with Crippen molar-refractivity contribution in [3.63, 3.8) is 0 Å². The van der Waals surface area contributed by atoms with E-state index in [4.69, 9.17) is 27.9 Å². The van der Waals surface area contributed by atoms with Crippen LogP contribution in [0.2, 0.25) is 10.2 Å². The lowest BCUT2D eigenvalue weighted by Crippen LogP contribution is -2.40. The molecule has 3 aromatic rings. The van der Waals surface area contributed by atoms with E-state index in [1.54, 1.807) is 11.6 Å². The Morgan fingerprint density at radius 3 is 2.73 bits per heavy atom. The fourth-order valence-corrected chi connectivity index (χ4v) is 4.62. The Labute approximate surface area is 204 Å². The summed E-state index contributed by atoms with van der Waals surface area (Å²) >= 11 is 12.8. The number of nitrogens with one attached hydrogen (secondary N) is 1. The lowest BCUT2D eigenvalue weighted by molar-refractivity contribution is -0.0212. The normalized spacial score (nSPS) is 16.7. The lowest BCUT2D eigenvalue weighted by atomic mass is 10.1. The lowest BCUT2D eigenvalue weighted by Gasteiger charge is -2.31. The van der Waals surface area contributed by atoms with E-state index < -0.39 is 0 Å². The molecule has 8 heteroatoms. The van der Waals surface area contributed by atoms with Crippen molar-refractivity contribution in [1.82, 2.24) is 20.0 Å². The quantitative estimate of drug-likeness (QED) is 0.525.